The Morgan fingerprint density at radius 1 is 1.09 bits per heavy atom. The van der Waals surface area contributed by atoms with E-state index < -0.39 is 0 Å². The zero-order chi connectivity index (χ0) is 15.6. The van der Waals surface area contributed by atoms with Crippen LogP contribution in [0.5, 0.6) is 0 Å². The SMILES string of the molecule is Nc1n[nH]c2ccc(-c3nnc(NCc4ccccc4)o3)cc12. The van der Waals surface area contributed by atoms with E-state index in [9.17, 15) is 0 Å². The van der Waals surface area contributed by atoms with Crippen molar-refractivity contribution in [2.75, 3.05) is 11.1 Å². The fourth-order valence-corrected chi connectivity index (χ4v) is 2.35. The second-order valence-electron chi connectivity index (χ2n) is 5.12. The van der Waals surface area contributed by atoms with Crippen molar-refractivity contribution in [1.29, 1.82) is 0 Å². The summed E-state index contributed by atoms with van der Waals surface area (Å²) in [5.74, 6) is 0.881. The Balaban J connectivity index is 1.55. The maximum Gasteiger partial charge on any atom is 0.316 e. The number of benzene rings is 2. The van der Waals surface area contributed by atoms with Crippen LogP contribution in [0.15, 0.2) is 52.9 Å². The Morgan fingerprint density at radius 3 is 2.83 bits per heavy atom. The van der Waals surface area contributed by atoms with Crippen molar-refractivity contribution < 1.29 is 4.42 Å². The summed E-state index contributed by atoms with van der Waals surface area (Å²) in [6.45, 7) is 0.621. The van der Waals surface area contributed by atoms with Gasteiger partial charge in [-0.15, -0.1) is 5.10 Å². The van der Waals surface area contributed by atoms with Gasteiger partial charge in [0.25, 0.3) is 0 Å². The quantitative estimate of drug-likeness (QED) is 0.535. The molecule has 0 saturated carbocycles. The van der Waals surface area contributed by atoms with Crippen molar-refractivity contribution in [1.82, 2.24) is 20.4 Å². The molecular weight excluding hydrogens is 292 g/mol. The molecule has 4 rings (SSSR count). The second-order valence-corrected chi connectivity index (χ2v) is 5.12. The monoisotopic (exact) mass is 306 g/mol. The van der Waals surface area contributed by atoms with Gasteiger partial charge in [-0.05, 0) is 23.8 Å². The van der Waals surface area contributed by atoms with Crippen LogP contribution < -0.4 is 11.1 Å². The zero-order valence-electron chi connectivity index (χ0n) is 12.2. The fourth-order valence-electron chi connectivity index (χ4n) is 2.35. The number of anilines is 2. The molecule has 2 aromatic heterocycles. The van der Waals surface area contributed by atoms with Crippen molar-refractivity contribution in [3.05, 3.63) is 54.1 Å². The maximum atomic E-state index is 5.82. The highest BCUT2D eigenvalue weighted by Crippen LogP contribution is 2.26. The lowest BCUT2D eigenvalue weighted by Crippen LogP contribution is -1.98. The van der Waals surface area contributed by atoms with Crippen LogP contribution in [0.25, 0.3) is 22.4 Å². The summed E-state index contributed by atoms with van der Waals surface area (Å²) in [6, 6.07) is 16.0. The van der Waals surface area contributed by atoms with Crippen LogP contribution in [0.1, 0.15) is 5.56 Å². The lowest BCUT2D eigenvalue weighted by Gasteiger charge is -2.00. The number of nitrogens with one attached hydrogen (secondary N) is 2. The molecule has 2 heterocycles. The van der Waals surface area contributed by atoms with Gasteiger partial charge in [-0.1, -0.05) is 35.4 Å². The number of hydrogen-bond acceptors (Lipinski definition) is 6. The van der Waals surface area contributed by atoms with Crippen molar-refractivity contribution in [2.45, 2.75) is 6.54 Å². The number of nitrogens with zero attached hydrogens (tertiary/aromatic N) is 3. The molecule has 0 spiro atoms. The molecule has 0 atom stereocenters. The molecule has 7 heteroatoms. The maximum absolute atomic E-state index is 5.82. The first kappa shape index (κ1) is 13.3. The van der Waals surface area contributed by atoms with Crippen molar-refractivity contribution in [2.24, 2.45) is 0 Å². The van der Waals surface area contributed by atoms with E-state index in [1.54, 1.807) is 0 Å². The van der Waals surface area contributed by atoms with Gasteiger partial charge in [0, 0.05) is 17.5 Å². The van der Waals surface area contributed by atoms with Gasteiger partial charge >= 0.3 is 6.01 Å². The molecule has 4 N–H and O–H groups in total. The Bertz CT molecular complexity index is 944. The Morgan fingerprint density at radius 2 is 1.96 bits per heavy atom. The summed E-state index contributed by atoms with van der Waals surface area (Å²) in [7, 11) is 0. The summed E-state index contributed by atoms with van der Waals surface area (Å²) in [5, 5.41) is 18.9. The van der Waals surface area contributed by atoms with Gasteiger partial charge in [0.1, 0.15) is 0 Å². The molecule has 0 aliphatic heterocycles. The molecule has 0 radical (unpaired) electrons. The predicted molar refractivity (Wildman–Crippen MR) is 87.6 cm³/mol. The van der Waals surface area contributed by atoms with Gasteiger partial charge in [-0.2, -0.15) is 5.10 Å². The van der Waals surface area contributed by atoms with Crippen molar-refractivity contribution >= 4 is 22.7 Å². The normalized spacial score (nSPS) is 11.0. The molecule has 0 saturated heterocycles. The smallest absolute Gasteiger partial charge is 0.316 e. The number of hydrogen-bond donors (Lipinski definition) is 3. The number of nitrogens with two attached hydrogens (primary N) is 1. The van der Waals surface area contributed by atoms with Crippen molar-refractivity contribution in [3.8, 4) is 11.5 Å². The van der Waals surface area contributed by atoms with E-state index >= 15 is 0 Å². The molecule has 0 unspecified atom stereocenters. The Hall–Kier alpha value is -3.35. The van der Waals surface area contributed by atoms with Gasteiger partial charge in [-0.3, -0.25) is 5.10 Å². The highest BCUT2D eigenvalue weighted by Gasteiger charge is 2.11. The zero-order valence-corrected chi connectivity index (χ0v) is 12.2. The molecular formula is C16H14N6O. The van der Waals surface area contributed by atoms with Gasteiger partial charge in [0.05, 0.1) is 5.52 Å². The molecule has 23 heavy (non-hydrogen) atoms. The molecule has 0 aliphatic rings. The minimum absolute atomic E-state index is 0.379. The Kier molecular flexibility index (Phi) is 3.16. The second kappa shape index (κ2) is 5.45. The van der Waals surface area contributed by atoms with Gasteiger partial charge in [0.15, 0.2) is 5.82 Å². The number of rotatable bonds is 4. The first-order chi connectivity index (χ1) is 11.3. The van der Waals surface area contributed by atoms with E-state index in [2.05, 4.69) is 25.7 Å². The van der Waals surface area contributed by atoms with E-state index in [1.165, 1.54) is 0 Å². The summed E-state index contributed by atoms with van der Waals surface area (Å²) >= 11 is 0. The highest BCUT2D eigenvalue weighted by atomic mass is 16.4. The van der Waals surface area contributed by atoms with E-state index in [0.29, 0.717) is 24.3 Å². The third-order valence-electron chi connectivity index (χ3n) is 3.55. The summed E-state index contributed by atoms with van der Waals surface area (Å²) < 4.78 is 5.65. The van der Waals surface area contributed by atoms with Gasteiger partial charge in [0.2, 0.25) is 5.89 Å². The third kappa shape index (κ3) is 2.59. The molecule has 4 aromatic rings. The lowest BCUT2D eigenvalue weighted by atomic mass is 10.1. The van der Waals surface area contributed by atoms with E-state index in [1.807, 2.05) is 48.5 Å². The first-order valence-corrected chi connectivity index (χ1v) is 7.15. The molecule has 0 bridgehead atoms. The molecule has 7 nitrogen and oxygen atoms in total. The molecule has 2 aromatic carbocycles. The largest absolute Gasteiger partial charge is 0.403 e. The summed E-state index contributed by atoms with van der Waals surface area (Å²) in [5.41, 5.74) is 8.62. The minimum Gasteiger partial charge on any atom is -0.403 e. The van der Waals surface area contributed by atoms with Crippen LogP contribution in [-0.4, -0.2) is 20.4 Å². The minimum atomic E-state index is 0.379. The molecule has 114 valence electrons. The highest BCUT2D eigenvalue weighted by molar-refractivity contribution is 5.91. The fraction of sp³-hybridized carbons (Fsp3) is 0.0625. The standard InChI is InChI=1S/C16H14N6O/c17-14-12-8-11(6-7-13(12)19-20-14)15-21-22-16(23-15)18-9-10-4-2-1-3-5-10/h1-8H,9H2,(H,18,22)(H3,17,19,20). The average Bonchev–Trinajstić information content (AvgIpc) is 3.21. The summed E-state index contributed by atoms with van der Waals surface area (Å²) in [4.78, 5) is 0. The number of nitrogen functional groups attached to an aromatic ring is 1. The van der Waals surface area contributed by atoms with Crippen molar-refractivity contribution in [3.63, 3.8) is 0 Å². The molecule has 0 aliphatic carbocycles. The van der Waals surface area contributed by atoms with Gasteiger partial charge in [-0.25, -0.2) is 0 Å². The van der Waals surface area contributed by atoms with E-state index in [4.69, 9.17) is 10.2 Å². The topological polar surface area (TPSA) is 106 Å². The third-order valence-corrected chi connectivity index (χ3v) is 3.55. The van der Waals surface area contributed by atoms with Crippen LogP contribution in [0.3, 0.4) is 0 Å². The molecule has 0 amide bonds. The number of aromatic amines is 1. The van der Waals surface area contributed by atoms with Crippen LogP contribution in [0.2, 0.25) is 0 Å². The summed E-state index contributed by atoms with van der Waals surface area (Å²) in [6.07, 6.45) is 0. The predicted octanol–water partition coefficient (Wildman–Crippen LogP) is 2.81. The first-order valence-electron chi connectivity index (χ1n) is 7.15. The van der Waals surface area contributed by atoms with Gasteiger partial charge < -0.3 is 15.5 Å². The van der Waals surface area contributed by atoms with E-state index in [0.717, 1.165) is 22.0 Å². The van der Waals surface area contributed by atoms with Crippen LogP contribution in [0.4, 0.5) is 11.8 Å². The lowest BCUT2D eigenvalue weighted by molar-refractivity contribution is 0.581. The van der Waals surface area contributed by atoms with Crippen LogP contribution in [0, 0.1) is 0 Å². The van der Waals surface area contributed by atoms with Crippen LogP contribution in [-0.2, 0) is 6.54 Å². The Labute approximate surface area is 131 Å². The number of fused-ring (bicyclic) bond motifs is 1. The van der Waals surface area contributed by atoms with E-state index in [-0.39, 0.29) is 0 Å². The van der Waals surface area contributed by atoms with Crippen LogP contribution >= 0.6 is 0 Å². The number of H-pyrrole nitrogens is 1. The number of aromatic nitrogens is 4. The molecule has 0 fully saturated rings. The average molecular weight is 306 g/mol.